The Balaban J connectivity index is 3.01. The van der Waals surface area contributed by atoms with Crippen LogP contribution in [0.4, 0.5) is 0 Å². The van der Waals surface area contributed by atoms with E-state index in [2.05, 4.69) is 13.1 Å². The molecule has 0 saturated carbocycles. The molecule has 0 atom stereocenters. The zero-order valence-corrected chi connectivity index (χ0v) is 13.0. The molecule has 96 valence electrons. The number of methoxy groups -OCH3 is 2. The SMILES string of the molecule is COC1(OC)CC[Si](C)(C)[Si](OC)(OC)O1. The summed E-state index contributed by atoms with van der Waals surface area (Å²) in [6.45, 7) is 4.45. The lowest BCUT2D eigenvalue weighted by atomic mass is 10.4. The van der Waals surface area contributed by atoms with Gasteiger partial charge in [0.15, 0.2) is 0 Å². The van der Waals surface area contributed by atoms with Gasteiger partial charge < -0.3 is 22.8 Å². The molecular formula is C9H22O5Si2. The van der Waals surface area contributed by atoms with Crippen molar-refractivity contribution in [3.05, 3.63) is 0 Å². The molecule has 0 radical (unpaired) electrons. The molecule has 16 heavy (non-hydrogen) atoms. The van der Waals surface area contributed by atoms with Crippen molar-refractivity contribution in [2.75, 3.05) is 28.4 Å². The highest BCUT2D eigenvalue weighted by Crippen LogP contribution is 2.40. The number of rotatable bonds is 4. The quantitative estimate of drug-likeness (QED) is 0.568. The van der Waals surface area contributed by atoms with Gasteiger partial charge in [-0.2, -0.15) is 0 Å². The molecule has 5 nitrogen and oxygen atoms in total. The van der Waals surface area contributed by atoms with Gasteiger partial charge >= 0.3 is 8.32 Å². The number of hydrogen-bond acceptors (Lipinski definition) is 5. The Labute approximate surface area is 99.1 Å². The van der Waals surface area contributed by atoms with Crippen molar-refractivity contribution < 1.29 is 22.8 Å². The Morgan fingerprint density at radius 1 is 1.00 bits per heavy atom. The van der Waals surface area contributed by atoms with E-state index in [1.54, 1.807) is 28.4 Å². The highest BCUT2D eigenvalue weighted by molar-refractivity contribution is 7.34. The summed E-state index contributed by atoms with van der Waals surface area (Å²) in [4.78, 5) is 0. The van der Waals surface area contributed by atoms with Gasteiger partial charge in [0.1, 0.15) is 7.59 Å². The van der Waals surface area contributed by atoms with Gasteiger partial charge in [-0.3, -0.25) is 0 Å². The van der Waals surface area contributed by atoms with Gasteiger partial charge in [0.05, 0.1) is 0 Å². The molecule has 0 aliphatic carbocycles. The summed E-state index contributed by atoms with van der Waals surface area (Å²) in [5, 5.41) is 0. The van der Waals surface area contributed by atoms with Gasteiger partial charge in [0.2, 0.25) is 0 Å². The summed E-state index contributed by atoms with van der Waals surface area (Å²) in [7, 11) is 2.12. The first kappa shape index (κ1) is 14.3. The molecule has 1 rings (SSSR count). The molecule has 1 aliphatic rings. The number of hydrogen-bond donors (Lipinski definition) is 0. The molecule has 0 N–H and O–H groups in total. The van der Waals surface area contributed by atoms with Crippen molar-refractivity contribution in [2.24, 2.45) is 0 Å². The van der Waals surface area contributed by atoms with Gasteiger partial charge in [0, 0.05) is 34.9 Å². The van der Waals surface area contributed by atoms with Crippen LogP contribution in [-0.2, 0) is 22.8 Å². The predicted octanol–water partition coefficient (Wildman–Crippen LogP) is 1.37. The Kier molecular flexibility index (Phi) is 4.33. The molecule has 1 saturated heterocycles. The third kappa shape index (κ3) is 2.13. The van der Waals surface area contributed by atoms with E-state index in [9.17, 15) is 0 Å². The normalized spacial score (nSPS) is 26.6. The minimum atomic E-state index is -2.65. The van der Waals surface area contributed by atoms with E-state index in [1.807, 2.05) is 0 Å². The second-order valence-electron chi connectivity index (χ2n) is 4.54. The Morgan fingerprint density at radius 3 is 1.88 bits per heavy atom. The Hall–Kier alpha value is 0.234. The van der Waals surface area contributed by atoms with Crippen LogP contribution in [-0.4, -0.2) is 50.3 Å². The molecule has 0 aromatic heterocycles. The van der Waals surface area contributed by atoms with Crippen molar-refractivity contribution >= 4 is 15.9 Å². The first-order valence-electron chi connectivity index (χ1n) is 5.31. The van der Waals surface area contributed by atoms with Crippen molar-refractivity contribution in [3.63, 3.8) is 0 Å². The van der Waals surface area contributed by atoms with Crippen LogP contribution in [0.25, 0.3) is 0 Å². The zero-order chi connectivity index (χ0) is 12.4. The monoisotopic (exact) mass is 266 g/mol. The maximum absolute atomic E-state index is 5.99. The molecule has 1 fully saturated rings. The molecule has 0 aromatic rings. The van der Waals surface area contributed by atoms with Crippen molar-refractivity contribution in [3.8, 4) is 0 Å². The second kappa shape index (κ2) is 4.85. The molecule has 0 amide bonds. The lowest BCUT2D eigenvalue weighted by molar-refractivity contribution is -0.339. The largest absolute Gasteiger partial charge is 0.472 e. The second-order valence-corrected chi connectivity index (χ2v) is 16.8. The summed E-state index contributed by atoms with van der Waals surface area (Å²) in [5.74, 6) is -0.999. The third-order valence-corrected chi connectivity index (χ3v) is 15.4. The van der Waals surface area contributed by atoms with E-state index in [-0.39, 0.29) is 0 Å². The number of ether oxygens (including phenoxy) is 2. The average molecular weight is 266 g/mol. The van der Waals surface area contributed by atoms with E-state index in [0.717, 1.165) is 12.5 Å². The van der Waals surface area contributed by atoms with Crippen molar-refractivity contribution in [1.82, 2.24) is 0 Å². The fourth-order valence-electron chi connectivity index (χ4n) is 2.10. The third-order valence-electron chi connectivity index (χ3n) is 3.33. The Morgan fingerprint density at radius 2 is 1.50 bits per heavy atom. The smallest absolute Gasteiger partial charge is 0.380 e. The van der Waals surface area contributed by atoms with E-state index >= 15 is 0 Å². The van der Waals surface area contributed by atoms with Gasteiger partial charge in [-0.05, 0) is 6.04 Å². The van der Waals surface area contributed by atoms with Gasteiger partial charge in [-0.25, -0.2) is 0 Å². The minimum Gasteiger partial charge on any atom is -0.380 e. The standard InChI is InChI=1S/C9H22O5Si2/c1-10-9(11-2)7-8-15(5,6)16(12-3,13-4)14-9/h7-8H2,1-6H3. The lowest BCUT2D eigenvalue weighted by Gasteiger charge is -2.48. The predicted molar refractivity (Wildman–Crippen MR) is 64.5 cm³/mol. The molecule has 0 aromatic carbocycles. The van der Waals surface area contributed by atoms with E-state index in [4.69, 9.17) is 22.8 Å². The Bertz CT molecular complexity index is 238. The zero-order valence-electron chi connectivity index (χ0n) is 11.0. The maximum atomic E-state index is 5.99. The van der Waals surface area contributed by atoms with Crippen molar-refractivity contribution in [2.45, 2.75) is 31.5 Å². The van der Waals surface area contributed by atoms with Gasteiger partial charge in [0.25, 0.3) is 5.97 Å². The van der Waals surface area contributed by atoms with Crippen LogP contribution in [0.3, 0.4) is 0 Å². The lowest BCUT2D eigenvalue weighted by Crippen LogP contribution is -2.72. The summed E-state index contributed by atoms with van der Waals surface area (Å²) < 4.78 is 27.8. The van der Waals surface area contributed by atoms with Crippen LogP contribution in [0.1, 0.15) is 6.42 Å². The van der Waals surface area contributed by atoms with Crippen LogP contribution in [0.5, 0.6) is 0 Å². The van der Waals surface area contributed by atoms with Crippen LogP contribution in [0.15, 0.2) is 0 Å². The van der Waals surface area contributed by atoms with E-state index in [1.165, 1.54) is 0 Å². The summed E-state index contributed by atoms with van der Waals surface area (Å²) in [5.41, 5.74) is 0. The minimum absolute atomic E-state index is 0.723. The molecule has 0 spiro atoms. The van der Waals surface area contributed by atoms with Crippen LogP contribution in [0, 0.1) is 0 Å². The highest BCUT2D eigenvalue weighted by atomic mass is 29.3. The maximum Gasteiger partial charge on any atom is 0.472 e. The van der Waals surface area contributed by atoms with Crippen LogP contribution in [0.2, 0.25) is 19.1 Å². The fourth-order valence-corrected chi connectivity index (χ4v) is 11.6. The molecule has 7 heteroatoms. The van der Waals surface area contributed by atoms with E-state index < -0.39 is 21.9 Å². The molecule has 1 heterocycles. The summed E-state index contributed by atoms with van der Waals surface area (Å²) in [6.07, 6.45) is 0.723. The highest BCUT2D eigenvalue weighted by Gasteiger charge is 2.64. The van der Waals surface area contributed by atoms with Crippen LogP contribution < -0.4 is 0 Å². The first-order valence-corrected chi connectivity index (χ1v) is 11.2. The van der Waals surface area contributed by atoms with Crippen molar-refractivity contribution in [1.29, 1.82) is 0 Å². The summed E-state index contributed by atoms with van der Waals surface area (Å²) in [6, 6.07) is 1.00. The van der Waals surface area contributed by atoms with Gasteiger partial charge in [-0.15, -0.1) is 0 Å². The van der Waals surface area contributed by atoms with Crippen LogP contribution >= 0.6 is 0 Å². The topological polar surface area (TPSA) is 46.2 Å². The van der Waals surface area contributed by atoms with Gasteiger partial charge in [-0.1, -0.05) is 13.1 Å². The first-order chi connectivity index (χ1) is 7.41. The fraction of sp³-hybridized carbons (Fsp3) is 1.00. The molecule has 0 unspecified atom stereocenters. The molecule has 0 bridgehead atoms. The molecule has 1 aliphatic heterocycles. The molecular weight excluding hydrogens is 244 g/mol. The summed E-state index contributed by atoms with van der Waals surface area (Å²) >= 11 is 0. The average Bonchev–Trinajstić information content (AvgIpc) is 2.30. The van der Waals surface area contributed by atoms with E-state index in [0.29, 0.717) is 0 Å².